The van der Waals surface area contributed by atoms with E-state index in [1.54, 1.807) is 0 Å². The molecule has 0 aliphatic carbocycles. The van der Waals surface area contributed by atoms with Gasteiger partial charge in [-0.3, -0.25) is 9.59 Å². The van der Waals surface area contributed by atoms with Crippen LogP contribution in [-0.4, -0.2) is 41.6 Å². The normalized spacial score (nSPS) is 12.9. The average Bonchev–Trinajstić information content (AvgIpc) is 3.03. The van der Waals surface area contributed by atoms with Crippen LogP contribution in [-0.2, 0) is 19.1 Å². The quantitative estimate of drug-likeness (QED) is 0.0363. The summed E-state index contributed by atoms with van der Waals surface area (Å²) in [7, 11) is 0. The summed E-state index contributed by atoms with van der Waals surface area (Å²) >= 11 is 0. The molecule has 268 valence electrons. The van der Waals surface area contributed by atoms with Gasteiger partial charge in [0.1, 0.15) is 12.1 Å². The SMILES string of the molecule is CCCCCCC/C=C\CCCCCCCC(=O)OC(/C=C\CCCCCCC)CCCCCCC(=O)NC(CCCN)C(=O)O. The van der Waals surface area contributed by atoms with Crippen molar-refractivity contribution < 1.29 is 24.2 Å². The van der Waals surface area contributed by atoms with Crippen LogP contribution in [0.5, 0.6) is 0 Å². The van der Waals surface area contributed by atoms with E-state index in [1.165, 1.54) is 89.9 Å². The van der Waals surface area contributed by atoms with Gasteiger partial charge < -0.3 is 20.9 Å². The minimum absolute atomic E-state index is 0.0984. The highest BCUT2D eigenvalue weighted by Gasteiger charge is 2.19. The van der Waals surface area contributed by atoms with E-state index in [0.717, 1.165) is 51.4 Å². The number of nitrogens with one attached hydrogen (secondary N) is 1. The van der Waals surface area contributed by atoms with Gasteiger partial charge in [-0.2, -0.15) is 0 Å². The molecule has 1 amide bonds. The number of amides is 1. The van der Waals surface area contributed by atoms with Crippen LogP contribution in [0.3, 0.4) is 0 Å². The lowest BCUT2D eigenvalue weighted by molar-refractivity contribution is -0.147. The standard InChI is InChI=1S/C39H72N2O5/c1-3-5-7-9-11-12-13-14-15-16-17-19-21-27-33-38(43)46-35(29-24-20-18-10-8-6-4-2)30-25-22-23-26-32-37(42)41-36(39(44)45)31-28-34-40/h13-14,24,29,35-36H,3-12,15-23,25-28,30-34,40H2,1-2H3,(H,41,42)(H,44,45)/b14-13-,29-24-. The number of carbonyl (C=O) groups excluding carboxylic acids is 2. The number of hydrogen-bond acceptors (Lipinski definition) is 5. The lowest BCUT2D eigenvalue weighted by Gasteiger charge is -2.15. The van der Waals surface area contributed by atoms with Gasteiger partial charge in [-0.05, 0) is 89.7 Å². The van der Waals surface area contributed by atoms with Crippen LogP contribution in [0.25, 0.3) is 0 Å². The number of ether oxygens (including phenoxy) is 1. The Hall–Kier alpha value is -2.15. The van der Waals surface area contributed by atoms with Crippen LogP contribution in [0, 0.1) is 0 Å². The smallest absolute Gasteiger partial charge is 0.326 e. The molecule has 0 rings (SSSR count). The van der Waals surface area contributed by atoms with Crippen LogP contribution in [0.1, 0.15) is 187 Å². The lowest BCUT2D eigenvalue weighted by atomic mass is 10.1. The molecular formula is C39H72N2O5. The highest BCUT2D eigenvalue weighted by Crippen LogP contribution is 2.15. The Balaban J connectivity index is 4.29. The van der Waals surface area contributed by atoms with Gasteiger partial charge >= 0.3 is 11.9 Å². The predicted octanol–water partition coefficient (Wildman–Crippen LogP) is 10.1. The van der Waals surface area contributed by atoms with E-state index >= 15 is 0 Å². The molecule has 0 spiro atoms. The Morgan fingerprint density at radius 1 is 0.630 bits per heavy atom. The summed E-state index contributed by atoms with van der Waals surface area (Å²) in [5, 5.41) is 11.9. The molecule has 0 aromatic carbocycles. The largest absolute Gasteiger partial charge is 0.480 e. The van der Waals surface area contributed by atoms with Gasteiger partial charge in [-0.1, -0.05) is 116 Å². The number of nitrogens with two attached hydrogens (primary N) is 1. The zero-order valence-electron chi connectivity index (χ0n) is 29.9. The van der Waals surface area contributed by atoms with Crippen molar-refractivity contribution in [3.05, 3.63) is 24.3 Å². The minimum atomic E-state index is -1.02. The molecule has 46 heavy (non-hydrogen) atoms. The minimum Gasteiger partial charge on any atom is -0.480 e. The van der Waals surface area contributed by atoms with Crippen LogP contribution >= 0.6 is 0 Å². The van der Waals surface area contributed by atoms with Crippen LogP contribution < -0.4 is 11.1 Å². The van der Waals surface area contributed by atoms with Gasteiger partial charge in [-0.25, -0.2) is 4.79 Å². The first-order valence-corrected chi connectivity index (χ1v) is 19.2. The van der Waals surface area contributed by atoms with E-state index in [0.29, 0.717) is 38.6 Å². The first kappa shape index (κ1) is 43.9. The molecule has 0 bridgehead atoms. The Labute approximate surface area is 283 Å². The average molecular weight is 649 g/mol. The summed E-state index contributed by atoms with van der Waals surface area (Å²) in [5.41, 5.74) is 5.47. The van der Waals surface area contributed by atoms with E-state index in [2.05, 4.69) is 43.5 Å². The summed E-state index contributed by atoms with van der Waals surface area (Å²) in [6.45, 7) is 4.89. The summed E-state index contributed by atoms with van der Waals surface area (Å²) in [5.74, 6) is -1.34. The molecule has 7 heteroatoms. The van der Waals surface area contributed by atoms with Gasteiger partial charge in [0.2, 0.25) is 5.91 Å². The second-order valence-electron chi connectivity index (χ2n) is 13.0. The summed E-state index contributed by atoms with van der Waals surface area (Å²) in [6.07, 6.45) is 36.6. The van der Waals surface area contributed by atoms with Gasteiger partial charge in [0.05, 0.1) is 0 Å². The van der Waals surface area contributed by atoms with E-state index < -0.39 is 12.0 Å². The maximum atomic E-state index is 12.6. The number of rotatable bonds is 34. The topological polar surface area (TPSA) is 119 Å². The molecule has 0 aliphatic rings. The molecule has 0 heterocycles. The van der Waals surface area contributed by atoms with E-state index in [4.69, 9.17) is 10.5 Å². The molecule has 4 N–H and O–H groups in total. The molecule has 0 aromatic heterocycles. The van der Waals surface area contributed by atoms with E-state index in [1.807, 2.05) is 0 Å². The number of esters is 1. The lowest BCUT2D eigenvalue weighted by Crippen LogP contribution is -2.40. The number of carbonyl (C=O) groups is 3. The predicted molar refractivity (Wildman–Crippen MR) is 193 cm³/mol. The summed E-state index contributed by atoms with van der Waals surface area (Å²) in [6, 6.07) is -0.869. The maximum Gasteiger partial charge on any atom is 0.326 e. The van der Waals surface area contributed by atoms with Crippen LogP contribution in [0.4, 0.5) is 0 Å². The summed E-state index contributed by atoms with van der Waals surface area (Å²) < 4.78 is 5.89. The van der Waals surface area contributed by atoms with Crippen molar-refractivity contribution in [3.63, 3.8) is 0 Å². The molecule has 0 saturated heterocycles. The Morgan fingerprint density at radius 2 is 1.13 bits per heavy atom. The van der Waals surface area contributed by atoms with Crippen molar-refractivity contribution in [1.29, 1.82) is 0 Å². The molecule has 0 saturated carbocycles. The third-order valence-corrected chi connectivity index (χ3v) is 8.47. The van der Waals surface area contributed by atoms with Gasteiger partial charge in [0.15, 0.2) is 0 Å². The third kappa shape index (κ3) is 30.5. The number of carboxylic acid groups (broad SMARTS) is 1. The molecule has 0 aromatic rings. The van der Waals surface area contributed by atoms with Gasteiger partial charge in [-0.15, -0.1) is 0 Å². The zero-order valence-corrected chi connectivity index (χ0v) is 29.9. The number of aliphatic carboxylic acids is 1. The number of hydrogen-bond donors (Lipinski definition) is 3. The Bertz CT molecular complexity index is 782. The maximum absolute atomic E-state index is 12.6. The second kappa shape index (κ2) is 34.2. The van der Waals surface area contributed by atoms with E-state index in [-0.39, 0.29) is 18.0 Å². The molecule has 2 atom stereocenters. The summed E-state index contributed by atoms with van der Waals surface area (Å²) in [4.78, 5) is 36.1. The van der Waals surface area contributed by atoms with E-state index in [9.17, 15) is 19.5 Å². The first-order chi connectivity index (χ1) is 22.4. The third-order valence-electron chi connectivity index (χ3n) is 8.47. The molecular weight excluding hydrogens is 576 g/mol. The highest BCUT2D eigenvalue weighted by molar-refractivity contribution is 5.83. The monoisotopic (exact) mass is 649 g/mol. The van der Waals surface area contributed by atoms with Crippen molar-refractivity contribution >= 4 is 17.8 Å². The number of unbranched alkanes of at least 4 members (excludes halogenated alkanes) is 18. The number of allylic oxidation sites excluding steroid dienone is 3. The fraction of sp³-hybridized carbons (Fsp3) is 0.821. The van der Waals surface area contributed by atoms with Crippen molar-refractivity contribution in [1.82, 2.24) is 5.32 Å². The van der Waals surface area contributed by atoms with Crippen molar-refractivity contribution in [3.8, 4) is 0 Å². The molecule has 0 fully saturated rings. The van der Waals surface area contributed by atoms with Crippen LogP contribution in [0.15, 0.2) is 24.3 Å². The molecule has 0 aliphatic heterocycles. The fourth-order valence-corrected chi connectivity index (χ4v) is 5.53. The molecule has 7 nitrogen and oxygen atoms in total. The van der Waals surface area contributed by atoms with Crippen molar-refractivity contribution in [2.24, 2.45) is 5.73 Å². The molecule has 2 unspecified atom stereocenters. The first-order valence-electron chi connectivity index (χ1n) is 19.2. The number of carboxylic acids is 1. The van der Waals surface area contributed by atoms with Crippen molar-refractivity contribution in [2.45, 2.75) is 199 Å². The fourth-order valence-electron chi connectivity index (χ4n) is 5.53. The second-order valence-corrected chi connectivity index (χ2v) is 13.0. The molecule has 0 radical (unpaired) electrons. The Kier molecular flexibility index (Phi) is 32.6. The van der Waals surface area contributed by atoms with Crippen LogP contribution in [0.2, 0.25) is 0 Å². The Morgan fingerprint density at radius 3 is 1.70 bits per heavy atom. The zero-order chi connectivity index (χ0) is 33.9. The highest BCUT2D eigenvalue weighted by atomic mass is 16.5. The van der Waals surface area contributed by atoms with Crippen molar-refractivity contribution in [2.75, 3.05) is 6.54 Å². The van der Waals surface area contributed by atoms with Gasteiger partial charge in [0, 0.05) is 12.8 Å². The van der Waals surface area contributed by atoms with Gasteiger partial charge in [0.25, 0.3) is 0 Å².